The summed E-state index contributed by atoms with van der Waals surface area (Å²) in [5, 5.41) is 10.8. The minimum absolute atomic E-state index is 0.309. The van der Waals surface area contributed by atoms with E-state index in [1.165, 1.54) is 4.90 Å². The summed E-state index contributed by atoms with van der Waals surface area (Å²) < 4.78 is 0.918. The van der Waals surface area contributed by atoms with Crippen LogP contribution in [-0.4, -0.2) is 46.7 Å². The van der Waals surface area contributed by atoms with Crippen LogP contribution in [0.2, 0.25) is 0 Å². The van der Waals surface area contributed by atoms with Crippen molar-refractivity contribution in [1.29, 1.82) is 0 Å². The van der Waals surface area contributed by atoms with Crippen molar-refractivity contribution < 1.29 is 24.3 Å². The topological polar surface area (TPSA) is 104 Å². The molecule has 0 aromatic heterocycles. The zero-order valence-electron chi connectivity index (χ0n) is 13.3. The Labute approximate surface area is 152 Å². The molecular formula is C17H17BrN2O5. The van der Waals surface area contributed by atoms with Crippen LogP contribution in [0.25, 0.3) is 0 Å². The normalized spacial score (nSPS) is 21.3. The van der Waals surface area contributed by atoms with E-state index in [2.05, 4.69) is 21.2 Å². The Bertz CT molecular complexity index is 742. The number of halogens is 1. The molecular weight excluding hydrogens is 392 g/mol. The van der Waals surface area contributed by atoms with E-state index in [0.717, 1.165) is 10.0 Å². The lowest BCUT2D eigenvalue weighted by molar-refractivity contribution is -0.156. The lowest BCUT2D eigenvalue weighted by Crippen LogP contribution is -2.56. The van der Waals surface area contributed by atoms with Gasteiger partial charge < -0.3 is 15.3 Å². The third kappa shape index (κ3) is 3.58. The number of rotatable bonds is 5. The van der Waals surface area contributed by atoms with Gasteiger partial charge in [0.2, 0.25) is 11.8 Å². The number of hydrogen-bond acceptors (Lipinski definition) is 4. The minimum atomic E-state index is -1.45. The summed E-state index contributed by atoms with van der Waals surface area (Å²) >= 11 is 3.35. The van der Waals surface area contributed by atoms with E-state index in [1.807, 2.05) is 24.3 Å². The van der Waals surface area contributed by atoms with E-state index in [9.17, 15) is 19.2 Å². The zero-order chi connectivity index (χ0) is 18.2. The molecule has 0 radical (unpaired) electrons. The molecule has 0 bridgehead atoms. The Kier molecular flexibility index (Phi) is 4.64. The molecule has 2 N–H and O–H groups in total. The number of carboxylic acids is 1. The summed E-state index contributed by atoms with van der Waals surface area (Å²) in [6, 6.07) is 7.46. The van der Waals surface area contributed by atoms with E-state index in [1.54, 1.807) is 0 Å². The van der Waals surface area contributed by atoms with Crippen LogP contribution in [0, 0.1) is 11.3 Å². The van der Waals surface area contributed by atoms with Crippen LogP contribution in [-0.2, 0) is 25.7 Å². The van der Waals surface area contributed by atoms with Crippen LogP contribution in [0.5, 0.6) is 0 Å². The van der Waals surface area contributed by atoms with Crippen molar-refractivity contribution in [3.63, 3.8) is 0 Å². The number of nitrogens with zero attached hydrogens (tertiary/aromatic N) is 1. The van der Waals surface area contributed by atoms with Crippen molar-refractivity contribution in [2.75, 3.05) is 13.1 Å². The smallest absolute Gasteiger partial charge is 0.322 e. The molecule has 8 heteroatoms. The van der Waals surface area contributed by atoms with E-state index in [-0.39, 0.29) is 5.78 Å². The Hall–Kier alpha value is -2.22. The second kappa shape index (κ2) is 6.59. The van der Waals surface area contributed by atoms with Crippen molar-refractivity contribution >= 4 is 39.5 Å². The second-order valence-electron chi connectivity index (χ2n) is 6.51. The Morgan fingerprint density at radius 3 is 2.44 bits per heavy atom. The summed E-state index contributed by atoms with van der Waals surface area (Å²) in [5.74, 6) is -4.45. The molecule has 1 heterocycles. The average Bonchev–Trinajstić information content (AvgIpc) is 3.34. The number of carbonyl (C=O) groups excluding carboxylic acids is 3. The van der Waals surface area contributed by atoms with Crippen molar-refractivity contribution in [3.05, 3.63) is 34.3 Å². The first kappa shape index (κ1) is 17.6. The zero-order valence-corrected chi connectivity index (χ0v) is 14.9. The van der Waals surface area contributed by atoms with Crippen LogP contribution in [0.15, 0.2) is 28.7 Å². The highest BCUT2D eigenvalue weighted by Gasteiger charge is 2.60. The fourth-order valence-corrected chi connectivity index (χ4v) is 3.38. The van der Waals surface area contributed by atoms with Gasteiger partial charge >= 0.3 is 5.97 Å². The predicted octanol–water partition coefficient (Wildman–Crippen LogP) is 0.958. The molecule has 1 atom stereocenters. The molecule has 1 unspecified atom stereocenters. The van der Waals surface area contributed by atoms with Gasteiger partial charge in [0.25, 0.3) is 0 Å². The molecule has 1 spiro atoms. The van der Waals surface area contributed by atoms with Gasteiger partial charge in [-0.2, -0.15) is 0 Å². The van der Waals surface area contributed by atoms with E-state index in [4.69, 9.17) is 5.11 Å². The van der Waals surface area contributed by atoms with Crippen molar-refractivity contribution in [1.82, 2.24) is 10.2 Å². The number of amides is 2. The lowest BCUT2D eigenvalue weighted by Gasteiger charge is -2.36. The van der Waals surface area contributed by atoms with Gasteiger partial charge in [-0.05, 0) is 30.5 Å². The summed E-state index contributed by atoms with van der Waals surface area (Å²) in [7, 11) is 0. The highest BCUT2D eigenvalue weighted by Crippen LogP contribution is 2.51. The second-order valence-corrected chi connectivity index (χ2v) is 7.43. The monoisotopic (exact) mass is 408 g/mol. The van der Waals surface area contributed by atoms with E-state index in [0.29, 0.717) is 25.9 Å². The number of aliphatic carboxylic acids is 1. The van der Waals surface area contributed by atoms with Crippen molar-refractivity contribution in [2.24, 2.45) is 11.3 Å². The molecule has 7 nitrogen and oxygen atoms in total. The summed E-state index contributed by atoms with van der Waals surface area (Å²) in [6.07, 6.45) is 1.30. The third-order valence-corrected chi connectivity index (χ3v) is 5.18. The molecule has 3 rings (SSSR count). The first-order valence-electron chi connectivity index (χ1n) is 7.89. The molecule has 1 aromatic carbocycles. The first-order valence-corrected chi connectivity index (χ1v) is 8.69. The highest BCUT2D eigenvalue weighted by atomic mass is 79.9. The molecule has 1 saturated heterocycles. The highest BCUT2D eigenvalue weighted by molar-refractivity contribution is 9.10. The van der Waals surface area contributed by atoms with Gasteiger partial charge in [-0.15, -0.1) is 0 Å². The first-order chi connectivity index (χ1) is 11.8. The molecule has 132 valence electrons. The number of carboxylic acid groups (broad SMARTS) is 1. The van der Waals surface area contributed by atoms with Gasteiger partial charge in [-0.1, -0.05) is 28.1 Å². The number of carbonyl (C=O) groups is 4. The standard InChI is InChI=1S/C17H17BrN2O5/c18-11-3-1-10(2-4-11)8-20-9-17(5-6-17)14(23)13(16(20)25)15(24)19-7-12(21)22/h1-4,13H,5-9H2,(H,19,24)(H,21,22). The van der Waals surface area contributed by atoms with Crippen LogP contribution < -0.4 is 5.32 Å². The maximum atomic E-state index is 12.7. The van der Waals surface area contributed by atoms with Crippen molar-refractivity contribution in [2.45, 2.75) is 19.4 Å². The average molecular weight is 409 g/mol. The number of likely N-dealkylation sites (tertiary alicyclic amines) is 1. The van der Waals surface area contributed by atoms with Gasteiger partial charge in [0.05, 0.1) is 0 Å². The fourth-order valence-electron chi connectivity index (χ4n) is 3.12. The van der Waals surface area contributed by atoms with E-state index < -0.39 is 35.7 Å². The SMILES string of the molecule is O=C(O)CNC(=O)C1C(=O)N(Cc2ccc(Br)cc2)CC2(CC2)C1=O. The predicted molar refractivity (Wildman–Crippen MR) is 90.4 cm³/mol. The summed E-state index contributed by atoms with van der Waals surface area (Å²) in [5.41, 5.74) is 0.250. The molecule has 2 amide bonds. The van der Waals surface area contributed by atoms with Gasteiger partial charge in [-0.25, -0.2) is 0 Å². The number of ketones is 1. The molecule has 2 aliphatic rings. The molecule has 25 heavy (non-hydrogen) atoms. The maximum Gasteiger partial charge on any atom is 0.322 e. The summed E-state index contributed by atoms with van der Waals surface area (Å²) in [6.45, 7) is 0.00288. The van der Waals surface area contributed by atoms with Crippen molar-refractivity contribution in [3.8, 4) is 0 Å². The number of Topliss-reactive ketones (excluding diaryl/α,β-unsaturated/α-hetero) is 1. The number of nitrogens with one attached hydrogen (secondary N) is 1. The molecule has 1 aromatic rings. The Balaban J connectivity index is 1.79. The Morgan fingerprint density at radius 1 is 1.24 bits per heavy atom. The van der Waals surface area contributed by atoms with Gasteiger partial charge in [-0.3, -0.25) is 19.2 Å². The maximum absolute atomic E-state index is 12.7. The number of piperidine rings is 1. The van der Waals surface area contributed by atoms with Crippen LogP contribution in [0.1, 0.15) is 18.4 Å². The van der Waals surface area contributed by atoms with E-state index >= 15 is 0 Å². The Morgan fingerprint density at radius 2 is 1.88 bits per heavy atom. The molecule has 2 fully saturated rings. The fraction of sp³-hybridized carbons (Fsp3) is 0.412. The largest absolute Gasteiger partial charge is 0.480 e. The quantitative estimate of drug-likeness (QED) is 0.706. The molecule has 1 saturated carbocycles. The minimum Gasteiger partial charge on any atom is -0.480 e. The van der Waals surface area contributed by atoms with Crippen LogP contribution in [0.3, 0.4) is 0 Å². The van der Waals surface area contributed by atoms with Gasteiger partial charge in [0.15, 0.2) is 11.7 Å². The third-order valence-electron chi connectivity index (χ3n) is 4.65. The number of benzene rings is 1. The van der Waals surface area contributed by atoms with Gasteiger partial charge in [0.1, 0.15) is 6.54 Å². The van der Waals surface area contributed by atoms with Crippen LogP contribution >= 0.6 is 15.9 Å². The van der Waals surface area contributed by atoms with Gasteiger partial charge in [0, 0.05) is 23.0 Å². The molecule has 1 aliphatic heterocycles. The van der Waals surface area contributed by atoms with Crippen LogP contribution in [0.4, 0.5) is 0 Å². The molecule has 1 aliphatic carbocycles. The summed E-state index contributed by atoms with van der Waals surface area (Å²) in [4.78, 5) is 49.7. The lowest BCUT2D eigenvalue weighted by atomic mass is 9.83. The number of hydrogen-bond donors (Lipinski definition) is 2.